The Hall–Kier alpha value is -3.06. The van der Waals surface area contributed by atoms with Gasteiger partial charge in [-0.1, -0.05) is 12.1 Å². The number of benzene rings is 1. The summed E-state index contributed by atoms with van der Waals surface area (Å²) in [4.78, 5) is 29.3. The minimum atomic E-state index is -0.701. The second-order valence-corrected chi connectivity index (χ2v) is 7.51. The summed E-state index contributed by atoms with van der Waals surface area (Å²) in [6.07, 6.45) is 1.42. The van der Waals surface area contributed by atoms with Crippen molar-refractivity contribution < 1.29 is 23.8 Å². The summed E-state index contributed by atoms with van der Waals surface area (Å²) in [6.45, 7) is 4.83. The number of carbonyl (C=O) groups is 2. The van der Waals surface area contributed by atoms with E-state index in [2.05, 4.69) is 0 Å². The maximum Gasteiger partial charge on any atom is 0.290 e. The van der Waals surface area contributed by atoms with Crippen LogP contribution in [0.3, 0.4) is 0 Å². The van der Waals surface area contributed by atoms with Crippen molar-refractivity contribution in [1.29, 1.82) is 0 Å². The molecule has 0 saturated heterocycles. The second-order valence-electron chi connectivity index (χ2n) is 7.51. The highest BCUT2D eigenvalue weighted by Gasteiger charge is 2.44. The molecule has 0 aliphatic carbocycles. The zero-order valence-corrected chi connectivity index (χ0v) is 17.1. The van der Waals surface area contributed by atoms with Crippen LogP contribution in [-0.4, -0.2) is 59.9 Å². The Kier molecular flexibility index (Phi) is 6.08. The zero-order chi connectivity index (χ0) is 21.1. The van der Waals surface area contributed by atoms with E-state index in [1.807, 2.05) is 45.0 Å². The number of rotatable bonds is 8. The maximum absolute atomic E-state index is 13.0. The van der Waals surface area contributed by atoms with E-state index < -0.39 is 23.5 Å². The molecular formula is C22H26N2O5. The number of furan rings is 1. The van der Waals surface area contributed by atoms with Crippen LogP contribution in [0.4, 0.5) is 0 Å². The predicted molar refractivity (Wildman–Crippen MR) is 108 cm³/mol. The van der Waals surface area contributed by atoms with Gasteiger partial charge in [-0.3, -0.25) is 9.59 Å². The molecule has 0 saturated carbocycles. The molecular weight excluding hydrogens is 372 g/mol. The van der Waals surface area contributed by atoms with Crippen LogP contribution < -0.4 is 4.74 Å². The third kappa shape index (κ3) is 4.35. The summed E-state index contributed by atoms with van der Waals surface area (Å²) in [5.74, 6) is -0.814. The predicted octanol–water partition coefficient (Wildman–Crippen LogP) is 3.21. The van der Waals surface area contributed by atoms with Crippen molar-refractivity contribution in [3.63, 3.8) is 0 Å². The van der Waals surface area contributed by atoms with Crippen LogP contribution >= 0.6 is 0 Å². The molecule has 1 aromatic heterocycles. The van der Waals surface area contributed by atoms with Gasteiger partial charge in [-0.15, -0.1) is 0 Å². The van der Waals surface area contributed by atoms with Gasteiger partial charge in [-0.25, -0.2) is 0 Å². The summed E-state index contributed by atoms with van der Waals surface area (Å²) >= 11 is 0. The lowest BCUT2D eigenvalue weighted by atomic mass is 9.95. The van der Waals surface area contributed by atoms with Crippen LogP contribution in [0.2, 0.25) is 0 Å². The average molecular weight is 398 g/mol. The van der Waals surface area contributed by atoms with Gasteiger partial charge in [0.1, 0.15) is 5.75 Å². The molecule has 0 spiro atoms. The molecule has 2 aromatic rings. The van der Waals surface area contributed by atoms with Gasteiger partial charge in [0, 0.05) is 13.1 Å². The number of ether oxygens (including phenoxy) is 1. The number of ketones is 1. The molecule has 7 nitrogen and oxygen atoms in total. The Morgan fingerprint density at radius 2 is 1.93 bits per heavy atom. The van der Waals surface area contributed by atoms with E-state index in [0.29, 0.717) is 24.4 Å². The van der Waals surface area contributed by atoms with E-state index in [4.69, 9.17) is 9.15 Å². The standard InChI is InChI=1S/C22H26N2O5/c1-14(2)29-16-9-7-15(8-10-16)19-18(20(25)17-6-5-13-28-17)21(26)22(27)24(19)12-11-23(3)4/h5-10,13-14,19,26H,11-12H2,1-4H3/t19-/m1/s1. The monoisotopic (exact) mass is 398 g/mol. The summed E-state index contributed by atoms with van der Waals surface area (Å²) in [5, 5.41) is 10.6. The third-order valence-electron chi connectivity index (χ3n) is 4.65. The average Bonchev–Trinajstić information content (AvgIpc) is 3.28. The molecule has 0 bridgehead atoms. The normalized spacial score (nSPS) is 17.0. The molecule has 1 N–H and O–H groups in total. The molecule has 0 radical (unpaired) electrons. The third-order valence-corrected chi connectivity index (χ3v) is 4.65. The van der Waals surface area contributed by atoms with Gasteiger partial charge in [0.2, 0.25) is 5.78 Å². The summed E-state index contributed by atoms with van der Waals surface area (Å²) in [7, 11) is 3.80. The van der Waals surface area contributed by atoms with Crippen molar-refractivity contribution in [2.75, 3.05) is 27.2 Å². The fourth-order valence-corrected chi connectivity index (χ4v) is 3.31. The first-order chi connectivity index (χ1) is 13.8. The van der Waals surface area contributed by atoms with Crippen LogP contribution in [0.25, 0.3) is 0 Å². The fourth-order valence-electron chi connectivity index (χ4n) is 3.31. The highest BCUT2D eigenvalue weighted by atomic mass is 16.5. The van der Waals surface area contributed by atoms with Crippen molar-refractivity contribution in [1.82, 2.24) is 9.80 Å². The van der Waals surface area contributed by atoms with Crippen LogP contribution in [0, 0.1) is 0 Å². The topological polar surface area (TPSA) is 83.2 Å². The Morgan fingerprint density at radius 3 is 2.48 bits per heavy atom. The van der Waals surface area contributed by atoms with Gasteiger partial charge in [-0.2, -0.15) is 0 Å². The van der Waals surface area contributed by atoms with Crippen LogP contribution in [-0.2, 0) is 4.79 Å². The molecule has 154 valence electrons. The van der Waals surface area contributed by atoms with Crippen molar-refractivity contribution in [2.45, 2.75) is 26.0 Å². The lowest BCUT2D eigenvalue weighted by molar-refractivity contribution is -0.129. The molecule has 1 aliphatic rings. The highest BCUT2D eigenvalue weighted by molar-refractivity contribution is 6.15. The molecule has 1 aliphatic heterocycles. The van der Waals surface area contributed by atoms with E-state index >= 15 is 0 Å². The van der Waals surface area contributed by atoms with Crippen molar-refractivity contribution in [2.24, 2.45) is 0 Å². The van der Waals surface area contributed by atoms with Gasteiger partial charge >= 0.3 is 0 Å². The minimum Gasteiger partial charge on any atom is -0.503 e. The van der Waals surface area contributed by atoms with Crippen molar-refractivity contribution in [3.05, 3.63) is 65.3 Å². The molecule has 29 heavy (non-hydrogen) atoms. The Morgan fingerprint density at radius 1 is 1.24 bits per heavy atom. The van der Waals surface area contributed by atoms with Gasteiger partial charge in [0.15, 0.2) is 11.5 Å². The zero-order valence-electron chi connectivity index (χ0n) is 17.1. The molecule has 0 fully saturated rings. The second kappa shape index (κ2) is 8.53. The number of Topliss-reactive ketones (excluding diaryl/α,β-unsaturated/α-hetero) is 1. The minimum absolute atomic E-state index is 0.0289. The van der Waals surface area contributed by atoms with Gasteiger partial charge in [0.25, 0.3) is 5.91 Å². The largest absolute Gasteiger partial charge is 0.503 e. The number of hydrogen-bond acceptors (Lipinski definition) is 6. The number of amides is 1. The van der Waals surface area contributed by atoms with E-state index in [9.17, 15) is 14.7 Å². The van der Waals surface area contributed by atoms with Gasteiger partial charge in [0.05, 0.1) is 24.0 Å². The molecule has 1 amide bonds. The molecule has 7 heteroatoms. The Balaban J connectivity index is 2.00. The first-order valence-electron chi connectivity index (χ1n) is 9.53. The SMILES string of the molecule is CC(C)Oc1ccc([C@@H]2C(C(=O)c3ccco3)=C(O)C(=O)N2CCN(C)C)cc1. The van der Waals surface area contributed by atoms with Gasteiger partial charge < -0.3 is 24.1 Å². The van der Waals surface area contributed by atoms with Crippen molar-refractivity contribution in [3.8, 4) is 5.75 Å². The fraction of sp³-hybridized carbons (Fsp3) is 0.364. The van der Waals surface area contributed by atoms with E-state index in [1.54, 1.807) is 18.2 Å². The number of aliphatic hydroxyl groups is 1. The first-order valence-corrected chi connectivity index (χ1v) is 9.53. The lowest BCUT2D eigenvalue weighted by Gasteiger charge is -2.28. The quantitative estimate of drug-likeness (QED) is 0.688. The molecule has 2 heterocycles. The molecule has 3 rings (SSSR count). The summed E-state index contributed by atoms with van der Waals surface area (Å²) in [6, 6.07) is 9.64. The first kappa shape index (κ1) is 20.7. The maximum atomic E-state index is 13.0. The molecule has 0 unspecified atom stereocenters. The molecule has 1 atom stereocenters. The summed E-state index contributed by atoms with van der Waals surface area (Å²) < 4.78 is 10.9. The Labute approximate surface area is 170 Å². The number of aliphatic hydroxyl groups excluding tert-OH is 1. The van der Waals surface area contributed by atoms with Crippen molar-refractivity contribution >= 4 is 11.7 Å². The van der Waals surface area contributed by atoms with Gasteiger partial charge in [-0.05, 0) is 57.8 Å². The van der Waals surface area contributed by atoms with E-state index in [0.717, 1.165) is 0 Å². The smallest absolute Gasteiger partial charge is 0.290 e. The van der Waals surface area contributed by atoms with E-state index in [1.165, 1.54) is 17.2 Å². The van der Waals surface area contributed by atoms with E-state index in [-0.39, 0.29) is 17.4 Å². The molecule has 1 aromatic carbocycles. The van der Waals surface area contributed by atoms with Crippen LogP contribution in [0.15, 0.2) is 58.4 Å². The number of nitrogens with zero attached hydrogens (tertiary/aromatic N) is 2. The summed E-state index contributed by atoms with van der Waals surface area (Å²) in [5.41, 5.74) is 0.744. The lowest BCUT2D eigenvalue weighted by Crippen LogP contribution is -2.36. The number of carbonyl (C=O) groups excluding carboxylic acids is 2. The number of hydrogen-bond donors (Lipinski definition) is 1. The van der Waals surface area contributed by atoms with Crippen LogP contribution in [0.1, 0.15) is 36.0 Å². The Bertz CT molecular complexity index is 898. The van der Waals surface area contributed by atoms with Crippen LogP contribution in [0.5, 0.6) is 5.75 Å². The highest BCUT2D eigenvalue weighted by Crippen LogP contribution is 2.39. The number of likely N-dealkylation sites (N-methyl/N-ethyl adjacent to an activating group) is 1.